The zero-order valence-electron chi connectivity index (χ0n) is 2.05. The molecule has 0 bridgehead atoms. The molecule has 0 unspecified atom stereocenters. The standard InChI is InChI=1S/H2O.3O.Tc/h1H2;;;;/q;;;;+1/p-1. The van der Waals surface area contributed by atoms with Crippen LogP contribution in [0, 0.1) is 0 Å². The van der Waals surface area contributed by atoms with Gasteiger partial charge in [0.05, 0.1) is 0 Å². The third-order valence-electron chi connectivity index (χ3n) is 0. The Morgan fingerprint density at radius 3 is 1.20 bits per heavy atom. The summed E-state index contributed by atoms with van der Waals surface area (Å²) in [6.07, 6.45) is 0. The molecule has 5 heavy (non-hydrogen) atoms. The van der Waals surface area contributed by atoms with Crippen molar-refractivity contribution in [1.82, 2.24) is 0 Å². The van der Waals surface area contributed by atoms with Crippen molar-refractivity contribution in [1.29, 1.82) is 0 Å². The summed E-state index contributed by atoms with van der Waals surface area (Å²) in [6.45, 7) is 0. The van der Waals surface area contributed by atoms with Gasteiger partial charge in [-0.25, -0.2) is 0 Å². The average molecular weight is 163 g/mol. The molecule has 0 aliphatic heterocycles. The number of hydrogen-bond donors (Lipinski definition) is 1. The molecule has 0 saturated carbocycles. The van der Waals surface area contributed by atoms with E-state index in [4.69, 9.17) is 14.4 Å². The van der Waals surface area contributed by atoms with Crippen molar-refractivity contribution in [2.24, 2.45) is 0 Å². The molecule has 0 saturated heterocycles. The molecular weight excluding hydrogens is 162 g/mol. The molecular formula is HO4Tc. The van der Waals surface area contributed by atoms with Gasteiger partial charge >= 0.3 is 29.9 Å². The van der Waals surface area contributed by atoms with Crippen LogP contribution in [0.4, 0.5) is 0 Å². The summed E-state index contributed by atoms with van der Waals surface area (Å²) in [5.74, 6) is 0. The van der Waals surface area contributed by atoms with Gasteiger partial charge in [-0.3, -0.25) is 0 Å². The molecule has 0 radical (unpaired) electrons. The van der Waals surface area contributed by atoms with Gasteiger partial charge in [-0.15, -0.1) is 0 Å². The summed E-state index contributed by atoms with van der Waals surface area (Å²) in [6, 6.07) is 0. The molecule has 0 aromatic rings. The van der Waals surface area contributed by atoms with Gasteiger partial charge < -0.3 is 0 Å². The van der Waals surface area contributed by atoms with Crippen LogP contribution in [0.1, 0.15) is 0 Å². The van der Waals surface area contributed by atoms with Crippen LogP contribution in [0.5, 0.6) is 0 Å². The SMILES string of the molecule is [O]=[Tc](=[O])(=[O])[OH]. The molecule has 0 aromatic heterocycles. The van der Waals surface area contributed by atoms with Crippen molar-refractivity contribution in [3.8, 4) is 0 Å². The van der Waals surface area contributed by atoms with Gasteiger partial charge in [0.25, 0.3) is 0 Å². The summed E-state index contributed by atoms with van der Waals surface area (Å²) in [4.78, 5) is 0. The minimum absolute atomic E-state index is 5.69. The number of hydrogen-bond acceptors (Lipinski definition) is 3. The van der Waals surface area contributed by atoms with Gasteiger partial charge in [-0.05, 0) is 0 Å². The molecule has 0 fully saturated rings. The van der Waals surface area contributed by atoms with Crippen molar-refractivity contribution in [3.63, 3.8) is 0 Å². The van der Waals surface area contributed by atoms with Crippen LogP contribution in [0.3, 0.4) is 0 Å². The van der Waals surface area contributed by atoms with E-state index in [0.29, 0.717) is 0 Å². The van der Waals surface area contributed by atoms with Crippen LogP contribution >= 0.6 is 0 Å². The van der Waals surface area contributed by atoms with E-state index in [1.165, 1.54) is 0 Å². The molecule has 0 rings (SSSR count). The van der Waals surface area contributed by atoms with Crippen LogP contribution < -0.4 is 0 Å². The molecule has 0 aliphatic carbocycles. The van der Waals surface area contributed by atoms with Crippen LogP contribution in [-0.4, -0.2) is 3.86 Å². The monoisotopic (exact) mass is 162 g/mol. The molecule has 1 N–H and O–H groups in total. The van der Waals surface area contributed by atoms with E-state index >= 15 is 0 Å². The predicted octanol–water partition coefficient (Wildman–Crippen LogP) is -0.916. The molecule has 0 amide bonds. The third kappa shape index (κ3) is 185000. The van der Waals surface area contributed by atoms with Gasteiger partial charge in [0.15, 0.2) is 0 Å². The van der Waals surface area contributed by atoms with E-state index in [-0.39, 0.29) is 0 Å². The molecule has 0 heterocycles. The van der Waals surface area contributed by atoms with Gasteiger partial charge in [-0.2, -0.15) is 0 Å². The van der Waals surface area contributed by atoms with Crippen LogP contribution in [-0.2, 0) is 26.0 Å². The Morgan fingerprint density at radius 2 is 1.20 bits per heavy atom. The third-order valence-corrected chi connectivity index (χ3v) is 0. The zero-order chi connectivity index (χ0) is 4.50. The first-order valence-electron chi connectivity index (χ1n) is 0.632. The van der Waals surface area contributed by atoms with Crippen molar-refractivity contribution >= 4 is 0 Å². The minimum atomic E-state index is -5.69. The Labute approximate surface area is 30.7 Å². The van der Waals surface area contributed by atoms with Crippen molar-refractivity contribution in [2.75, 3.05) is 0 Å². The topological polar surface area (TPSA) is 71.4 Å². The fourth-order valence-corrected chi connectivity index (χ4v) is 0. The summed E-state index contributed by atoms with van der Waals surface area (Å²) in [5.41, 5.74) is 0. The number of rotatable bonds is 0. The van der Waals surface area contributed by atoms with E-state index in [1.807, 2.05) is 0 Å². The molecule has 0 aliphatic rings. The molecule has 0 atom stereocenters. The second-order valence-electron chi connectivity index (χ2n) is 0.396. The maximum absolute atomic E-state index is 8.73. The van der Waals surface area contributed by atoms with Crippen LogP contribution in [0.2, 0.25) is 0 Å². The molecule has 0 aromatic carbocycles. The second kappa shape index (κ2) is 1.01. The van der Waals surface area contributed by atoms with Crippen molar-refractivity contribution < 1.29 is 29.9 Å². The fraction of sp³-hybridized carbons (Fsp3) is 0. The van der Waals surface area contributed by atoms with E-state index in [1.54, 1.807) is 0 Å². The van der Waals surface area contributed by atoms with Crippen LogP contribution in [0.25, 0.3) is 0 Å². The quantitative estimate of drug-likeness (QED) is 0.501. The summed E-state index contributed by atoms with van der Waals surface area (Å²) in [5, 5.41) is 0. The summed E-state index contributed by atoms with van der Waals surface area (Å²) < 4.78 is 33.2. The van der Waals surface area contributed by atoms with E-state index < -0.39 is 15.5 Å². The van der Waals surface area contributed by atoms with Gasteiger partial charge in [0, 0.05) is 0 Å². The van der Waals surface area contributed by atoms with Gasteiger partial charge in [0.2, 0.25) is 0 Å². The Hall–Kier alpha value is 0.00935. The van der Waals surface area contributed by atoms with Crippen molar-refractivity contribution in [3.05, 3.63) is 0 Å². The first kappa shape index (κ1) is 5.01. The van der Waals surface area contributed by atoms with Gasteiger partial charge in [0.1, 0.15) is 0 Å². The Kier molecular flexibility index (Phi) is 1.01. The first-order valence-corrected chi connectivity index (χ1v) is 3.74. The first-order chi connectivity index (χ1) is 2.00. The molecule has 32 valence electrons. The van der Waals surface area contributed by atoms with E-state index in [0.717, 1.165) is 0 Å². The molecule has 0 spiro atoms. The molecule has 4 nitrogen and oxygen atoms in total. The Balaban J connectivity index is 4.87. The van der Waals surface area contributed by atoms with E-state index in [9.17, 15) is 0 Å². The van der Waals surface area contributed by atoms with Gasteiger partial charge in [-0.1, -0.05) is 0 Å². The average Bonchev–Trinajstić information content (AvgIpc) is 0.722. The Bertz CT molecular complexity index is 125. The van der Waals surface area contributed by atoms with Crippen LogP contribution in [0.15, 0.2) is 0 Å². The molecule has 5 heteroatoms. The normalized spacial score (nSPS) is 11.4. The van der Waals surface area contributed by atoms with Crippen molar-refractivity contribution in [2.45, 2.75) is 0 Å². The van der Waals surface area contributed by atoms with E-state index in [2.05, 4.69) is 0 Å². The second-order valence-corrected chi connectivity index (χ2v) is 2.34. The predicted molar refractivity (Wildman–Crippen MR) is 4.28 cm³/mol. The fourth-order valence-electron chi connectivity index (χ4n) is 0. The Morgan fingerprint density at radius 1 is 1.20 bits per heavy atom. The summed E-state index contributed by atoms with van der Waals surface area (Å²) >= 11 is -5.69. The zero-order valence-corrected chi connectivity index (χ0v) is 3.91. The maximum atomic E-state index is 8.73. The summed E-state index contributed by atoms with van der Waals surface area (Å²) in [7, 11) is 0.